The fourth-order valence-electron chi connectivity index (χ4n) is 1.66. The highest BCUT2D eigenvalue weighted by Crippen LogP contribution is 2.12. The maximum absolute atomic E-state index is 5.19. The van der Waals surface area contributed by atoms with E-state index in [4.69, 9.17) is 9.26 Å². The molecule has 1 fully saturated rings. The number of hydrogen-bond donors (Lipinski definition) is 1. The zero-order valence-corrected chi connectivity index (χ0v) is 12.2. The summed E-state index contributed by atoms with van der Waals surface area (Å²) >= 11 is 0. The lowest BCUT2D eigenvalue weighted by Gasteiger charge is -2.25. The Balaban J connectivity index is 0.00000144. The molecule has 1 aliphatic heterocycles. The van der Waals surface area contributed by atoms with Crippen LogP contribution in [0.1, 0.15) is 24.7 Å². The molecule has 0 saturated carbocycles. The molecule has 0 radical (unpaired) electrons. The molecule has 2 rings (SSSR count). The van der Waals surface area contributed by atoms with Crippen LogP contribution in [0.25, 0.3) is 0 Å². The summed E-state index contributed by atoms with van der Waals surface area (Å²) in [4.78, 5) is 6.61. The first kappa shape index (κ1) is 17.6. The van der Waals surface area contributed by atoms with Crippen molar-refractivity contribution in [2.75, 3.05) is 33.3 Å². The quantitative estimate of drug-likeness (QED) is 0.896. The molecule has 8 heteroatoms. The molecular weight excluding hydrogens is 279 g/mol. The highest BCUT2D eigenvalue weighted by Gasteiger charge is 2.16. The van der Waals surface area contributed by atoms with Crippen LogP contribution in [0.4, 0.5) is 0 Å². The molecule has 2 heterocycles. The summed E-state index contributed by atoms with van der Waals surface area (Å²) in [6.45, 7) is 6.73. The predicted octanol–water partition coefficient (Wildman–Crippen LogP) is 1.03. The Morgan fingerprint density at radius 2 is 2.06 bits per heavy atom. The monoisotopic (exact) mass is 298 g/mol. The second kappa shape index (κ2) is 8.66. The molecule has 0 amide bonds. The van der Waals surface area contributed by atoms with Crippen LogP contribution in [-0.4, -0.2) is 48.3 Å². The predicted molar refractivity (Wildman–Crippen MR) is 72.4 cm³/mol. The van der Waals surface area contributed by atoms with Crippen LogP contribution >= 0.6 is 24.8 Å². The van der Waals surface area contributed by atoms with Crippen molar-refractivity contribution in [2.45, 2.75) is 19.6 Å². The van der Waals surface area contributed by atoms with Crippen molar-refractivity contribution in [3.8, 4) is 0 Å². The third-order valence-corrected chi connectivity index (χ3v) is 2.77. The molecule has 1 N–H and O–H groups in total. The SMILES string of the molecule is COC(C)c1noc(CN2CCNCC2)n1.Cl.Cl. The number of ether oxygens (including phenoxy) is 1. The second-order valence-electron chi connectivity index (χ2n) is 3.95. The zero-order valence-electron chi connectivity index (χ0n) is 10.6. The number of nitrogens with one attached hydrogen (secondary N) is 1. The number of nitrogens with zero attached hydrogens (tertiary/aromatic N) is 3. The van der Waals surface area contributed by atoms with Gasteiger partial charge in [0.1, 0.15) is 6.10 Å². The number of hydrogen-bond acceptors (Lipinski definition) is 6. The van der Waals surface area contributed by atoms with E-state index in [9.17, 15) is 0 Å². The van der Waals surface area contributed by atoms with Gasteiger partial charge in [-0.25, -0.2) is 0 Å². The molecule has 1 aliphatic rings. The van der Waals surface area contributed by atoms with Crippen LogP contribution in [0.5, 0.6) is 0 Å². The van der Waals surface area contributed by atoms with Crippen LogP contribution in [0, 0.1) is 0 Å². The van der Waals surface area contributed by atoms with E-state index in [0.29, 0.717) is 11.7 Å². The first-order chi connectivity index (χ1) is 7.79. The van der Waals surface area contributed by atoms with Crippen molar-refractivity contribution in [1.29, 1.82) is 0 Å². The second-order valence-corrected chi connectivity index (χ2v) is 3.95. The van der Waals surface area contributed by atoms with Gasteiger partial charge in [-0.1, -0.05) is 5.16 Å². The average molecular weight is 299 g/mol. The number of piperazine rings is 1. The van der Waals surface area contributed by atoms with Gasteiger partial charge in [-0.2, -0.15) is 4.98 Å². The number of rotatable bonds is 4. The lowest BCUT2D eigenvalue weighted by molar-refractivity contribution is 0.109. The summed E-state index contributed by atoms with van der Waals surface area (Å²) in [5.41, 5.74) is 0. The molecule has 1 aromatic rings. The van der Waals surface area contributed by atoms with Crippen molar-refractivity contribution in [3.05, 3.63) is 11.7 Å². The number of methoxy groups -OCH3 is 1. The largest absolute Gasteiger partial charge is 0.374 e. The van der Waals surface area contributed by atoms with E-state index in [-0.39, 0.29) is 30.9 Å². The van der Waals surface area contributed by atoms with Crippen LogP contribution in [0.2, 0.25) is 0 Å². The normalized spacial score (nSPS) is 17.7. The Hall–Kier alpha value is -0.400. The fourth-order valence-corrected chi connectivity index (χ4v) is 1.66. The van der Waals surface area contributed by atoms with Gasteiger partial charge in [-0.3, -0.25) is 4.90 Å². The van der Waals surface area contributed by atoms with Crippen molar-refractivity contribution in [3.63, 3.8) is 0 Å². The zero-order chi connectivity index (χ0) is 11.4. The Morgan fingerprint density at radius 1 is 1.39 bits per heavy atom. The van der Waals surface area contributed by atoms with E-state index in [0.717, 1.165) is 32.7 Å². The molecular formula is C10H20Cl2N4O2. The molecule has 1 saturated heterocycles. The van der Waals surface area contributed by atoms with Gasteiger partial charge >= 0.3 is 0 Å². The van der Waals surface area contributed by atoms with Crippen molar-refractivity contribution < 1.29 is 9.26 Å². The molecule has 6 nitrogen and oxygen atoms in total. The summed E-state index contributed by atoms with van der Waals surface area (Å²) in [6, 6.07) is 0. The minimum atomic E-state index is -0.111. The van der Waals surface area contributed by atoms with Gasteiger partial charge in [0, 0.05) is 33.3 Å². The van der Waals surface area contributed by atoms with Crippen molar-refractivity contribution >= 4 is 24.8 Å². The van der Waals surface area contributed by atoms with Crippen LogP contribution < -0.4 is 5.32 Å². The molecule has 0 bridgehead atoms. The highest BCUT2D eigenvalue weighted by atomic mass is 35.5. The number of aromatic nitrogens is 2. The highest BCUT2D eigenvalue weighted by molar-refractivity contribution is 5.85. The van der Waals surface area contributed by atoms with Gasteiger partial charge in [-0.15, -0.1) is 24.8 Å². The van der Waals surface area contributed by atoms with Gasteiger partial charge in [0.25, 0.3) is 0 Å². The maximum Gasteiger partial charge on any atom is 0.240 e. The van der Waals surface area contributed by atoms with Crippen LogP contribution in [0.15, 0.2) is 4.52 Å². The molecule has 1 unspecified atom stereocenters. The molecule has 1 aromatic heterocycles. The van der Waals surface area contributed by atoms with Crippen molar-refractivity contribution in [2.24, 2.45) is 0 Å². The summed E-state index contributed by atoms with van der Waals surface area (Å²) in [5, 5.41) is 7.20. The molecule has 18 heavy (non-hydrogen) atoms. The van der Waals surface area contributed by atoms with E-state index in [1.807, 2.05) is 6.92 Å². The van der Waals surface area contributed by atoms with Crippen molar-refractivity contribution in [1.82, 2.24) is 20.4 Å². The van der Waals surface area contributed by atoms with Gasteiger partial charge in [0.05, 0.1) is 6.54 Å². The lowest BCUT2D eigenvalue weighted by Crippen LogP contribution is -2.42. The topological polar surface area (TPSA) is 63.4 Å². The maximum atomic E-state index is 5.19. The van der Waals surface area contributed by atoms with Crippen LogP contribution in [0.3, 0.4) is 0 Å². The van der Waals surface area contributed by atoms with Gasteiger partial charge < -0.3 is 14.6 Å². The minimum absolute atomic E-state index is 0. The van der Waals surface area contributed by atoms with E-state index < -0.39 is 0 Å². The smallest absolute Gasteiger partial charge is 0.240 e. The fraction of sp³-hybridized carbons (Fsp3) is 0.800. The summed E-state index contributed by atoms with van der Waals surface area (Å²) < 4.78 is 10.3. The summed E-state index contributed by atoms with van der Waals surface area (Å²) in [5.74, 6) is 1.29. The Labute approximate surface area is 119 Å². The average Bonchev–Trinajstić information content (AvgIpc) is 2.78. The number of halogens is 2. The Bertz CT molecular complexity index is 331. The third-order valence-electron chi connectivity index (χ3n) is 2.77. The molecule has 0 aliphatic carbocycles. The first-order valence-corrected chi connectivity index (χ1v) is 5.58. The van der Waals surface area contributed by atoms with E-state index >= 15 is 0 Å². The van der Waals surface area contributed by atoms with Gasteiger partial charge in [0.15, 0.2) is 5.82 Å². The van der Waals surface area contributed by atoms with E-state index in [1.54, 1.807) is 7.11 Å². The summed E-state index contributed by atoms with van der Waals surface area (Å²) in [6.07, 6.45) is -0.111. The standard InChI is InChI=1S/C10H18N4O2.2ClH/c1-8(15-2)10-12-9(16-13-10)7-14-5-3-11-4-6-14;;/h8,11H,3-7H2,1-2H3;2*1H. The van der Waals surface area contributed by atoms with Crippen LogP contribution in [-0.2, 0) is 11.3 Å². The van der Waals surface area contributed by atoms with Gasteiger partial charge in [0.2, 0.25) is 5.89 Å². The minimum Gasteiger partial charge on any atom is -0.374 e. The lowest BCUT2D eigenvalue weighted by atomic mass is 10.3. The summed E-state index contributed by atoms with van der Waals surface area (Å²) in [7, 11) is 1.64. The Kier molecular flexibility index (Phi) is 8.47. The van der Waals surface area contributed by atoms with E-state index in [2.05, 4.69) is 20.4 Å². The third kappa shape index (κ3) is 4.70. The van der Waals surface area contributed by atoms with E-state index in [1.165, 1.54) is 0 Å². The first-order valence-electron chi connectivity index (χ1n) is 5.58. The molecule has 0 spiro atoms. The molecule has 1 atom stereocenters. The molecule has 0 aromatic carbocycles. The Morgan fingerprint density at radius 3 is 2.67 bits per heavy atom. The van der Waals surface area contributed by atoms with Gasteiger partial charge in [-0.05, 0) is 6.92 Å². The molecule has 106 valence electrons.